The first-order chi connectivity index (χ1) is 10.4. The molecule has 0 saturated heterocycles. The zero-order valence-electron chi connectivity index (χ0n) is 12.3. The van der Waals surface area contributed by atoms with Crippen molar-refractivity contribution in [2.24, 2.45) is 0 Å². The molecule has 0 atom stereocenters. The number of carbonyl (C=O) groups is 2. The van der Waals surface area contributed by atoms with Gasteiger partial charge in [-0.15, -0.1) is 0 Å². The lowest BCUT2D eigenvalue weighted by atomic mass is 10.2. The van der Waals surface area contributed by atoms with Crippen molar-refractivity contribution in [1.29, 1.82) is 0 Å². The Balaban J connectivity index is 1.98. The average molecular weight is 299 g/mol. The number of aromatic hydroxyl groups is 1. The number of phenolic OH excluding ortho intramolecular Hbond substituents is 1. The van der Waals surface area contributed by atoms with Gasteiger partial charge in [0.15, 0.2) is 0 Å². The van der Waals surface area contributed by atoms with Crippen LogP contribution in [0.3, 0.4) is 0 Å². The third kappa shape index (κ3) is 4.24. The van der Waals surface area contributed by atoms with Gasteiger partial charge in [0.2, 0.25) is 5.91 Å². The van der Waals surface area contributed by atoms with Crippen LogP contribution in [0.1, 0.15) is 12.5 Å². The Labute approximate surface area is 128 Å². The van der Waals surface area contributed by atoms with E-state index in [-0.39, 0.29) is 11.7 Å². The highest BCUT2D eigenvalue weighted by atomic mass is 16.3. The number of hydrogen-bond acceptors (Lipinski definition) is 3. The lowest BCUT2D eigenvalue weighted by Gasteiger charge is -2.10. The van der Waals surface area contributed by atoms with Gasteiger partial charge in [0.25, 0.3) is 0 Å². The number of hydrogen-bond donors (Lipinski definition) is 4. The van der Waals surface area contributed by atoms with Crippen LogP contribution in [-0.2, 0) is 4.79 Å². The number of urea groups is 1. The summed E-state index contributed by atoms with van der Waals surface area (Å²) >= 11 is 0. The number of carbonyl (C=O) groups excluding carboxylic acids is 2. The van der Waals surface area contributed by atoms with Gasteiger partial charge in [-0.05, 0) is 48.9 Å². The minimum absolute atomic E-state index is 0.0103. The van der Waals surface area contributed by atoms with E-state index in [1.165, 1.54) is 6.92 Å². The molecule has 0 aliphatic carbocycles. The Hall–Kier alpha value is -3.02. The van der Waals surface area contributed by atoms with E-state index in [0.29, 0.717) is 17.1 Å². The largest absolute Gasteiger partial charge is 0.506 e. The molecule has 0 aromatic heterocycles. The van der Waals surface area contributed by atoms with Gasteiger partial charge in [-0.1, -0.05) is 6.07 Å². The number of nitrogens with one attached hydrogen (secondary N) is 3. The maximum Gasteiger partial charge on any atom is 0.323 e. The highest BCUT2D eigenvalue weighted by molar-refractivity contribution is 6.00. The summed E-state index contributed by atoms with van der Waals surface area (Å²) in [5.74, 6) is -0.149. The number of rotatable bonds is 3. The molecular weight excluding hydrogens is 282 g/mol. The maximum absolute atomic E-state index is 11.9. The standard InChI is InChI=1S/C16H17N3O3/c1-10-3-8-14(15(21)9-10)19-16(22)18-13-6-4-12(5-7-13)17-11(2)20/h3-9,21H,1-2H3,(H,17,20)(H2,18,19,22). The summed E-state index contributed by atoms with van der Waals surface area (Å²) in [5, 5.41) is 17.6. The molecule has 2 rings (SSSR count). The van der Waals surface area contributed by atoms with Crippen LogP contribution in [-0.4, -0.2) is 17.0 Å². The van der Waals surface area contributed by atoms with Crippen LogP contribution in [0.4, 0.5) is 21.9 Å². The van der Waals surface area contributed by atoms with Gasteiger partial charge in [0, 0.05) is 18.3 Å². The van der Waals surface area contributed by atoms with Crippen LogP contribution in [0.2, 0.25) is 0 Å². The predicted molar refractivity (Wildman–Crippen MR) is 86.2 cm³/mol. The first-order valence-corrected chi connectivity index (χ1v) is 6.69. The lowest BCUT2D eigenvalue weighted by Crippen LogP contribution is -2.19. The second-order valence-corrected chi connectivity index (χ2v) is 4.86. The molecule has 0 aliphatic rings. The summed E-state index contributed by atoms with van der Waals surface area (Å²) in [7, 11) is 0. The fourth-order valence-electron chi connectivity index (χ4n) is 1.87. The number of amides is 3. The van der Waals surface area contributed by atoms with Gasteiger partial charge in [-0.3, -0.25) is 4.79 Å². The molecule has 3 amide bonds. The molecule has 6 heteroatoms. The summed E-state index contributed by atoms with van der Waals surface area (Å²) in [4.78, 5) is 22.8. The van der Waals surface area contributed by atoms with Crippen LogP contribution in [0.5, 0.6) is 5.75 Å². The molecule has 0 heterocycles. The number of anilines is 3. The summed E-state index contributed by atoms with van der Waals surface area (Å²) in [6, 6.07) is 11.2. The van der Waals surface area contributed by atoms with Crippen molar-refractivity contribution >= 4 is 29.0 Å². The van der Waals surface area contributed by atoms with Gasteiger partial charge in [0.05, 0.1) is 5.69 Å². The summed E-state index contributed by atoms with van der Waals surface area (Å²) in [5.41, 5.74) is 2.45. The smallest absolute Gasteiger partial charge is 0.323 e. The van der Waals surface area contributed by atoms with Gasteiger partial charge < -0.3 is 21.1 Å². The van der Waals surface area contributed by atoms with Crippen LogP contribution >= 0.6 is 0 Å². The van der Waals surface area contributed by atoms with E-state index >= 15 is 0 Å². The van der Waals surface area contributed by atoms with E-state index in [9.17, 15) is 14.7 Å². The summed E-state index contributed by atoms with van der Waals surface area (Å²) in [6.07, 6.45) is 0. The highest BCUT2D eigenvalue weighted by Crippen LogP contribution is 2.24. The van der Waals surface area contributed by atoms with Crippen LogP contribution in [0, 0.1) is 6.92 Å². The zero-order chi connectivity index (χ0) is 16.1. The van der Waals surface area contributed by atoms with Crippen molar-refractivity contribution in [3.63, 3.8) is 0 Å². The first kappa shape index (κ1) is 15.4. The Morgan fingerprint density at radius 3 is 2.05 bits per heavy atom. The third-order valence-electron chi connectivity index (χ3n) is 2.86. The Bertz CT molecular complexity index is 696. The minimum atomic E-state index is -0.466. The topological polar surface area (TPSA) is 90.5 Å². The Morgan fingerprint density at radius 1 is 0.909 bits per heavy atom. The van der Waals surface area contributed by atoms with Crippen molar-refractivity contribution < 1.29 is 14.7 Å². The molecule has 0 saturated carbocycles. The second kappa shape index (κ2) is 6.62. The molecule has 2 aromatic rings. The second-order valence-electron chi connectivity index (χ2n) is 4.86. The quantitative estimate of drug-likeness (QED) is 0.655. The fourth-order valence-corrected chi connectivity index (χ4v) is 1.87. The van der Waals surface area contributed by atoms with Crippen molar-refractivity contribution in [3.8, 4) is 5.75 Å². The van der Waals surface area contributed by atoms with E-state index < -0.39 is 6.03 Å². The van der Waals surface area contributed by atoms with E-state index in [0.717, 1.165) is 5.56 Å². The molecule has 0 bridgehead atoms. The van der Waals surface area contributed by atoms with E-state index in [4.69, 9.17) is 0 Å². The molecule has 6 nitrogen and oxygen atoms in total. The lowest BCUT2D eigenvalue weighted by molar-refractivity contribution is -0.114. The zero-order valence-corrected chi connectivity index (χ0v) is 12.3. The van der Waals surface area contributed by atoms with E-state index in [1.807, 2.05) is 6.92 Å². The van der Waals surface area contributed by atoms with Crippen molar-refractivity contribution in [1.82, 2.24) is 0 Å². The molecular formula is C16H17N3O3. The summed E-state index contributed by atoms with van der Waals surface area (Å²) in [6.45, 7) is 3.27. The monoisotopic (exact) mass is 299 g/mol. The van der Waals surface area contributed by atoms with Gasteiger partial charge in [-0.25, -0.2) is 4.79 Å². The third-order valence-corrected chi connectivity index (χ3v) is 2.86. The minimum Gasteiger partial charge on any atom is -0.506 e. The van der Waals surface area contributed by atoms with Crippen LogP contribution < -0.4 is 16.0 Å². The molecule has 0 aliphatic heterocycles. The number of benzene rings is 2. The highest BCUT2D eigenvalue weighted by Gasteiger charge is 2.06. The van der Waals surface area contributed by atoms with Crippen molar-refractivity contribution in [3.05, 3.63) is 48.0 Å². The molecule has 2 aromatic carbocycles. The maximum atomic E-state index is 11.9. The molecule has 4 N–H and O–H groups in total. The Morgan fingerprint density at radius 2 is 1.50 bits per heavy atom. The average Bonchev–Trinajstić information content (AvgIpc) is 2.43. The van der Waals surface area contributed by atoms with E-state index in [1.54, 1.807) is 42.5 Å². The molecule has 114 valence electrons. The van der Waals surface area contributed by atoms with Crippen LogP contribution in [0.15, 0.2) is 42.5 Å². The molecule has 0 fully saturated rings. The van der Waals surface area contributed by atoms with Gasteiger partial charge in [0.1, 0.15) is 5.75 Å². The molecule has 22 heavy (non-hydrogen) atoms. The molecule has 0 unspecified atom stereocenters. The number of aryl methyl sites for hydroxylation is 1. The van der Waals surface area contributed by atoms with Crippen molar-refractivity contribution in [2.75, 3.05) is 16.0 Å². The molecule has 0 radical (unpaired) electrons. The predicted octanol–water partition coefficient (Wildman–Crippen LogP) is 3.30. The van der Waals surface area contributed by atoms with Gasteiger partial charge >= 0.3 is 6.03 Å². The first-order valence-electron chi connectivity index (χ1n) is 6.69. The summed E-state index contributed by atoms with van der Waals surface area (Å²) < 4.78 is 0. The Kier molecular flexibility index (Phi) is 4.63. The normalized spacial score (nSPS) is 9.91. The number of phenols is 1. The van der Waals surface area contributed by atoms with E-state index in [2.05, 4.69) is 16.0 Å². The van der Waals surface area contributed by atoms with Gasteiger partial charge in [-0.2, -0.15) is 0 Å². The molecule has 0 spiro atoms. The fraction of sp³-hybridized carbons (Fsp3) is 0.125. The van der Waals surface area contributed by atoms with Crippen molar-refractivity contribution in [2.45, 2.75) is 13.8 Å². The van der Waals surface area contributed by atoms with Crippen LogP contribution in [0.25, 0.3) is 0 Å². The SMILES string of the molecule is CC(=O)Nc1ccc(NC(=O)Nc2ccc(C)cc2O)cc1.